The van der Waals surface area contributed by atoms with Crippen LogP contribution in [0.25, 0.3) is 21.8 Å². The minimum Gasteiger partial charge on any atom is -0.495 e. The summed E-state index contributed by atoms with van der Waals surface area (Å²) in [7, 11) is 1.65. The van der Waals surface area contributed by atoms with Gasteiger partial charge >= 0.3 is 0 Å². The first-order valence-corrected chi connectivity index (χ1v) is 11.5. The molecule has 2 heterocycles. The highest BCUT2D eigenvalue weighted by Crippen LogP contribution is 2.39. The number of ether oxygens (including phenoxy) is 1. The van der Waals surface area contributed by atoms with E-state index >= 15 is 0 Å². The van der Waals surface area contributed by atoms with Gasteiger partial charge in [0.05, 0.1) is 24.5 Å². The number of nitrogens with one attached hydrogen (secondary N) is 1. The minimum atomic E-state index is -0.216. The fraction of sp³-hybridized carbons (Fsp3) is 0.143. The van der Waals surface area contributed by atoms with Crippen LogP contribution in [0, 0.1) is 0 Å². The molecule has 2 aromatic heterocycles. The van der Waals surface area contributed by atoms with Crippen molar-refractivity contribution >= 4 is 45.0 Å². The molecule has 0 unspecified atom stereocenters. The maximum Gasteiger partial charge on any atom is 0.256 e. The van der Waals surface area contributed by atoms with Gasteiger partial charge in [0.1, 0.15) is 5.75 Å². The lowest BCUT2D eigenvalue weighted by Gasteiger charge is -2.13. The summed E-state index contributed by atoms with van der Waals surface area (Å²) in [6, 6.07) is 21.6. The molecular formula is C28H24ClN3O2. The molecule has 6 heteroatoms. The van der Waals surface area contributed by atoms with E-state index in [0.717, 1.165) is 28.2 Å². The van der Waals surface area contributed by atoms with E-state index in [1.54, 1.807) is 31.6 Å². The number of aromatic nitrogens is 2. The molecule has 0 saturated heterocycles. The third-order valence-electron chi connectivity index (χ3n) is 6.09. The molecule has 0 bridgehead atoms. The molecule has 0 aliphatic carbocycles. The number of methoxy groups -OCH3 is 1. The first kappa shape index (κ1) is 22.0. The van der Waals surface area contributed by atoms with Gasteiger partial charge in [0.2, 0.25) is 0 Å². The smallest absolute Gasteiger partial charge is 0.256 e. The number of halogens is 1. The second-order valence-electron chi connectivity index (χ2n) is 8.15. The molecule has 0 spiro atoms. The summed E-state index contributed by atoms with van der Waals surface area (Å²) in [5.41, 5.74) is 5.49. The van der Waals surface area contributed by atoms with Crippen LogP contribution in [-0.4, -0.2) is 22.6 Å². The monoisotopic (exact) mass is 469 g/mol. The maximum atomic E-state index is 13.4. The number of carbonyl (C=O) groups is 1. The zero-order valence-electron chi connectivity index (χ0n) is 19.0. The number of rotatable bonds is 6. The van der Waals surface area contributed by atoms with Crippen molar-refractivity contribution in [1.82, 2.24) is 9.55 Å². The van der Waals surface area contributed by atoms with Gasteiger partial charge in [0, 0.05) is 39.6 Å². The van der Waals surface area contributed by atoms with Gasteiger partial charge in [-0.25, -0.2) is 0 Å². The first-order valence-electron chi connectivity index (χ1n) is 11.2. The minimum absolute atomic E-state index is 0.216. The van der Waals surface area contributed by atoms with Crippen molar-refractivity contribution in [3.8, 4) is 5.75 Å². The van der Waals surface area contributed by atoms with Crippen molar-refractivity contribution in [3.63, 3.8) is 0 Å². The van der Waals surface area contributed by atoms with Crippen molar-refractivity contribution in [2.75, 3.05) is 12.4 Å². The van der Waals surface area contributed by atoms with Crippen LogP contribution in [0.5, 0.6) is 5.75 Å². The number of pyridine rings is 1. The van der Waals surface area contributed by atoms with Gasteiger partial charge in [0.25, 0.3) is 5.91 Å². The van der Waals surface area contributed by atoms with Crippen molar-refractivity contribution < 1.29 is 9.53 Å². The van der Waals surface area contributed by atoms with Crippen LogP contribution in [0.3, 0.4) is 0 Å². The van der Waals surface area contributed by atoms with E-state index < -0.39 is 0 Å². The van der Waals surface area contributed by atoms with Crippen LogP contribution in [0.1, 0.15) is 28.4 Å². The highest BCUT2D eigenvalue weighted by Gasteiger charge is 2.22. The molecule has 0 aliphatic heterocycles. The Kier molecular flexibility index (Phi) is 5.95. The molecule has 0 fully saturated rings. The Balaban J connectivity index is 1.72. The van der Waals surface area contributed by atoms with Gasteiger partial charge in [-0.2, -0.15) is 0 Å². The summed E-state index contributed by atoms with van der Waals surface area (Å²) in [6.07, 6.45) is 4.29. The zero-order chi connectivity index (χ0) is 23.7. The zero-order valence-corrected chi connectivity index (χ0v) is 19.8. The molecule has 0 aliphatic rings. The van der Waals surface area contributed by atoms with E-state index in [2.05, 4.69) is 46.1 Å². The standard InChI is InChI=1S/C28H24ClN3O2/c1-3-18-6-8-19(9-7-18)17-32-24-12-10-20(29)15-23(24)26-22(11-13-25(34-2)27(26)32)28(33)31-21-5-4-14-30-16-21/h4-16H,3,17H2,1-2H3,(H,31,33). The molecule has 170 valence electrons. The second kappa shape index (κ2) is 9.20. The van der Waals surface area contributed by atoms with Gasteiger partial charge in [-0.05, 0) is 60.0 Å². The Hall–Kier alpha value is -3.83. The Bertz CT molecular complexity index is 1490. The number of amides is 1. The molecule has 0 atom stereocenters. The summed E-state index contributed by atoms with van der Waals surface area (Å²) in [4.78, 5) is 17.5. The van der Waals surface area contributed by atoms with Crippen LogP contribution >= 0.6 is 11.6 Å². The van der Waals surface area contributed by atoms with E-state index in [1.165, 1.54) is 11.1 Å². The fourth-order valence-corrected chi connectivity index (χ4v) is 4.57. The van der Waals surface area contributed by atoms with E-state index in [9.17, 15) is 4.79 Å². The molecule has 5 nitrogen and oxygen atoms in total. The van der Waals surface area contributed by atoms with Gasteiger partial charge in [-0.3, -0.25) is 9.78 Å². The summed E-state index contributed by atoms with van der Waals surface area (Å²) >= 11 is 6.41. The summed E-state index contributed by atoms with van der Waals surface area (Å²) in [5, 5.41) is 5.28. The number of carbonyl (C=O) groups excluding carboxylic acids is 1. The third-order valence-corrected chi connectivity index (χ3v) is 6.32. The van der Waals surface area contributed by atoms with Crippen molar-refractivity contribution in [2.45, 2.75) is 19.9 Å². The lowest BCUT2D eigenvalue weighted by atomic mass is 10.0. The topological polar surface area (TPSA) is 56.2 Å². The number of anilines is 1. The molecule has 5 rings (SSSR count). The number of hydrogen-bond acceptors (Lipinski definition) is 3. The van der Waals surface area contributed by atoms with Gasteiger partial charge < -0.3 is 14.6 Å². The lowest BCUT2D eigenvalue weighted by molar-refractivity contribution is 0.102. The Morgan fingerprint density at radius 3 is 2.56 bits per heavy atom. The SMILES string of the molecule is CCc1ccc(Cn2c3ccc(Cl)cc3c3c(C(=O)Nc4cccnc4)ccc(OC)c32)cc1. The van der Waals surface area contributed by atoms with Crippen LogP contribution in [0.2, 0.25) is 5.02 Å². The Morgan fingerprint density at radius 2 is 1.85 bits per heavy atom. The van der Waals surface area contributed by atoms with E-state index in [0.29, 0.717) is 28.6 Å². The van der Waals surface area contributed by atoms with E-state index in [-0.39, 0.29) is 5.91 Å². The van der Waals surface area contributed by atoms with Crippen molar-refractivity contribution in [3.05, 3.63) is 101 Å². The van der Waals surface area contributed by atoms with Crippen LogP contribution in [0.4, 0.5) is 5.69 Å². The predicted molar refractivity (Wildman–Crippen MR) is 138 cm³/mol. The average molecular weight is 470 g/mol. The first-order chi connectivity index (χ1) is 16.6. The average Bonchev–Trinajstić information content (AvgIpc) is 3.18. The maximum absolute atomic E-state index is 13.4. The molecule has 1 N–H and O–H groups in total. The van der Waals surface area contributed by atoms with Crippen LogP contribution in [-0.2, 0) is 13.0 Å². The van der Waals surface area contributed by atoms with E-state index in [1.807, 2.05) is 30.3 Å². The molecule has 34 heavy (non-hydrogen) atoms. The number of nitrogens with zero attached hydrogens (tertiary/aromatic N) is 2. The molecule has 0 saturated carbocycles. The lowest BCUT2D eigenvalue weighted by Crippen LogP contribution is -2.12. The molecular weight excluding hydrogens is 446 g/mol. The van der Waals surface area contributed by atoms with Crippen molar-refractivity contribution in [2.24, 2.45) is 0 Å². The number of fused-ring (bicyclic) bond motifs is 3. The summed E-state index contributed by atoms with van der Waals surface area (Å²) in [5.74, 6) is 0.484. The summed E-state index contributed by atoms with van der Waals surface area (Å²) in [6.45, 7) is 2.78. The summed E-state index contributed by atoms with van der Waals surface area (Å²) < 4.78 is 7.96. The quantitative estimate of drug-likeness (QED) is 0.300. The fourth-order valence-electron chi connectivity index (χ4n) is 4.39. The van der Waals surface area contributed by atoms with Crippen LogP contribution < -0.4 is 10.1 Å². The number of aryl methyl sites for hydroxylation is 1. The normalized spacial score (nSPS) is 11.1. The van der Waals surface area contributed by atoms with Crippen LogP contribution in [0.15, 0.2) is 79.1 Å². The Labute approximate surface area is 203 Å². The second-order valence-corrected chi connectivity index (χ2v) is 8.59. The molecule has 5 aromatic rings. The highest BCUT2D eigenvalue weighted by molar-refractivity contribution is 6.32. The largest absolute Gasteiger partial charge is 0.495 e. The van der Waals surface area contributed by atoms with Gasteiger partial charge in [-0.15, -0.1) is 0 Å². The molecule has 3 aromatic carbocycles. The number of hydrogen-bond donors (Lipinski definition) is 1. The van der Waals surface area contributed by atoms with Gasteiger partial charge in [0.15, 0.2) is 0 Å². The van der Waals surface area contributed by atoms with Crippen molar-refractivity contribution in [1.29, 1.82) is 0 Å². The predicted octanol–water partition coefficient (Wildman–Crippen LogP) is 6.71. The third kappa shape index (κ3) is 3.99. The molecule has 0 radical (unpaired) electrons. The highest BCUT2D eigenvalue weighted by atomic mass is 35.5. The van der Waals surface area contributed by atoms with Gasteiger partial charge in [-0.1, -0.05) is 42.8 Å². The number of benzene rings is 3. The Morgan fingerprint density at radius 1 is 1.06 bits per heavy atom. The molecule has 1 amide bonds. The van der Waals surface area contributed by atoms with E-state index in [4.69, 9.17) is 16.3 Å².